The number of likely N-dealkylation sites (N-methyl/N-ethyl adjacent to an activating group) is 2. The highest BCUT2D eigenvalue weighted by Crippen LogP contribution is 2.50. The van der Waals surface area contributed by atoms with Crippen LogP contribution in [0.3, 0.4) is 0 Å². The molecule has 0 spiro atoms. The van der Waals surface area contributed by atoms with Gasteiger partial charge in [0.2, 0.25) is 5.36 Å². The van der Waals surface area contributed by atoms with E-state index in [1.54, 1.807) is 0 Å². The minimum absolute atomic E-state index is 0.0648. The molecule has 2 aromatic carbocycles. The fraction of sp³-hybridized carbons (Fsp3) is 0.357. The van der Waals surface area contributed by atoms with Crippen molar-refractivity contribution in [3.63, 3.8) is 0 Å². The fourth-order valence-corrected chi connectivity index (χ4v) is 8.24. The van der Waals surface area contributed by atoms with E-state index in [1.165, 1.54) is 56.2 Å². The zero-order chi connectivity index (χ0) is 32.2. The lowest BCUT2D eigenvalue weighted by molar-refractivity contribution is -0.496. The Morgan fingerprint density at radius 2 is 1.39 bits per heavy atom. The molecule has 4 nitrogen and oxygen atoms in total. The predicted octanol–water partition coefficient (Wildman–Crippen LogP) is 7.97. The zero-order valence-corrected chi connectivity index (χ0v) is 28.6. The van der Waals surface area contributed by atoms with Crippen molar-refractivity contribution in [2.75, 3.05) is 29.4 Å². The molecule has 46 heavy (non-hydrogen) atoms. The second-order valence-electron chi connectivity index (χ2n) is 14.0. The van der Waals surface area contributed by atoms with E-state index in [1.807, 2.05) is 0 Å². The molecule has 236 valence electrons. The molecular weight excluding hydrogens is 562 g/mol. The van der Waals surface area contributed by atoms with Crippen molar-refractivity contribution >= 4 is 23.0 Å². The summed E-state index contributed by atoms with van der Waals surface area (Å²) in [5, 5.41) is 1.09. The van der Waals surface area contributed by atoms with E-state index in [4.69, 9.17) is 4.42 Å². The SMILES string of the molecule is CC[NH+]=c1ccc2c(/C=C3/N(CC)c4ccccc4C3(C)C)c3c(oc-2c1)C(=CC=C1N(CC)c2ccccc2C1(C)C)CCC3. The van der Waals surface area contributed by atoms with Crippen LogP contribution in [0.2, 0.25) is 0 Å². The van der Waals surface area contributed by atoms with Gasteiger partial charge in [-0.3, -0.25) is 0 Å². The lowest BCUT2D eigenvalue weighted by atomic mass is 9.81. The van der Waals surface area contributed by atoms with Gasteiger partial charge in [-0.15, -0.1) is 0 Å². The molecule has 0 radical (unpaired) electrons. The summed E-state index contributed by atoms with van der Waals surface area (Å²) in [5.41, 5.74) is 13.1. The maximum Gasteiger partial charge on any atom is 0.202 e. The first-order valence-electron chi connectivity index (χ1n) is 17.2. The van der Waals surface area contributed by atoms with Gasteiger partial charge in [0.1, 0.15) is 18.1 Å². The van der Waals surface area contributed by atoms with Crippen LogP contribution in [-0.2, 0) is 17.3 Å². The van der Waals surface area contributed by atoms with Crippen molar-refractivity contribution < 1.29 is 9.41 Å². The summed E-state index contributed by atoms with van der Waals surface area (Å²) in [6, 6.07) is 24.4. The number of nitrogens with one attached hydrogen (secondary N) is 1. The Kier molecular flexibility index (Phi) is 7.58. The second kappa shape index (κ2) is 11.5. The topological polar surface area (TPSA) is 33.6 Å². The number of allylic oxidation sites excluding steroid dienone is 5. The van der Waals surface area contributed by atoms with Gasteiger partial charge in [-0.2, -0.15) is 0 Å². The van der Waals surface area contributed by atoms with E-state index in [0.29, 0.717) is 0 Å². The molecule has 0 saturated carbocycles. The van der Waals surface area contributed by atoms with Crippen LogP contribution in [0.25, 0.3) is 23.0 Å². The number of hydrogen-bond donors (Lipinski definition) is 1. The highest BCUT2D eigenvalue weighted by molar-refractivity contribution is 5.85. The molecule has 0 amide bonds. The van der Waals surface area contributed by atoms with Crippen LogP contribution in [0.1, 0.15) is 89.3 Å². The molecule has 0 aromatic heterocycles. The Morgan fingerprint density at radius 1 is 0.761 bits per heavy atom. The molecular formula is C42H48N3O+. The van der Waals surface area contributed by atoms with Crippen molar-refractivity contribution in [3.8, 4) is 11.3 Å². The van der Waals surface area contributed by atoms with Gasteiger partial charge in [0, 0.05) is 63.9 Å². The van der Waals surface area contributed by atoms with E-state index < -0.39 is 0 Å². The lowest BCUT2D eigenvalue weighted by Gasteiger charge is -2.29. The van der Waals surface area contributed by atoms with Gasteiger partial charge in [0.25, 0.3) is 0 Å². The predicted molar refractivity (Wildman–Crippen MR) is 192 cm³/mol. The van der Waals surface area contributed by atoms with E-state index >= 15 is 0 Å². The Bertz CT molecular complexity index is 1950. The molecule has 2 aromatic rings. The number of para-hydroxylation sites is 2. The van der Waals surface area contributed by atoms with Crippen LogP contribution in [-0.4, -0.2) is 19.6 Å². The summed E-state index contributed by atoms with van der Waals surface area (Å²) in [6.07, 6.45) is 10.3. The number of rotatable bonds is 5. The summed E-state index contributed by atoms with van der Waals surface area (Å²) in [6.45, 7) is 18.8. The largest absolute Gasteiger partial charge is 0.456 e. The smallest absolute Gasteiger partial charge is 0.202 e. The highest BCUT2D eigenvalue weighted by Gasteiger charge is 2.41. The van der Waals surface area contributed by atoms with Crippen LogP contribution in [0.15, 0.2) is 94.7 Å². The summed E-state index contributed by atoms with van der Waals surface area (Å²) in [4.78, 5) is 8.49. The van der Waals surface area contributed by atoms with Crippen LogP contribution in [0, 0.1) is 0 Å². The minimum atomic E-state index is -0.104. The molecule has 0 atom stereocenters. The second-order valence-corrected chi connectivity index (χ2v) is 14.0. The number of benzene rings is 3. The summed E-state index contributed by atoms with van der Waals surface area (Å²) in [5.74, 6) is 1.98. The molecule has 4 heteroatoms. The molecule has 0 unspecified atom stereocenters. The van der Waals surface area contributed by atoms with Gasteiger partial charge in [-0.25, -0.2) is 4.99 Å². The standard InChI is InChI=1S/C42H47N3O/c1-8-43-29-23-24-30-32(27-39-42(6,7)34-19-12-14-21-36(34)45(39)10-3)31-17-15-16-28(40(31)46-37(30)26-29)22-25-38-41(4,5)33-18-11-13-20-35(33)44(38)9-2/h11-14,18-27H,8-10,15-17H2,1-7H3/p+1/b28-22?,38-25?,39-27+,43-29?. The normalized spacial score (nSPS) is 21.0. The molecule has 5 aliphatic rings. The maximum absolute atomic E-state index is 6.94. The van der Waals surface area contributed by atoms with Crippen molar-refractivity contribution in [3.05, 3.63) is 124 Å². The average Bonchev–Trinajstić information content (AvgIpc) is 3.41. The molecule has 0 saturated heterocycles. The number of anilines is 2. The van der Waals surface area contributed by atoms with Crippen molar-refractivity contribution in [2.45, 2.75) is 78.6 Å². The maximum atomic E-state index is 6.94. The minimum Gasteiger partial charge on any atom is -0.456 e. The number of nitrogens with zero attached hydrogens (tertiary/aromatic N) is 2. The first-order valence-corrected chi connectivity index (χ1v) is 17.2. The van der Waals surface area contributed by atoms with Crippen molar-refractivity contribution in [1.29, 1.82) is 0 Å². The van der Waals surface area contributed by atoms with Crippen LogP contribution in [0.5, 0.6) is 0 Å². The fourth-order valence-electron chi connectivity index (χ4n) is 8.24. The highest BCUT2D eigenvalue weighted by atomic mass is 16.3. The molecule has 0 bridgehead atoms. The summed E-state index contributed by atoms with van der Waals surface area (Å²) >= 11 is 0. The van der Waals surface area contributed by atoms with Gasteiger partial charge in [0.05, 0.1) is 6.07 Å². The Morgan fingerprint density at radius 3 is 2.04 bits per heavy atom. The molecule has 3 aliphatic heterocycles. The Hall–Kier alpha value is -4.31. The zero-order valence-electron chi connectivity index (χ0n) is 28.6. The van der Waals surface area contributed by atoms with Gasteiger partial charge in [0.15, 0.2) is 0 Å². The molecule has 7 rings (SSSR count). The number of fused-ring (bicyclic) bond motifs is 4. The van der Waals surface area contributed by atoms with Crippen molar-refractivity contribution in [2.24, 2.45) is 0 Å². The third kappa shape index (κ3) is 4.68. The first-order chi connectivity index (χ1) is 22.2. The van der Waals surface area contributed by atoms with Gasteiger partial charge < -0.3 is 14.2 Å². The molecule has 0 fully saturated rings. The van der Waals surface area contributed by atoms with Gasteiger partial charge in [-0.05, 0) is 92.6 Å². The van der Waals surface area contributed by atoms with Crippen LogP contribution >= 0.6 is 0 Å². The molecule has 1 N–H and O–H groups in total. The van der Waals surface area contributed by atoms with E-state index in [9.17, 15) is 0 Å². The van der Waals surface area contributed by atoms with E-state index in [0.717, 1.165) is 55.8 Å². The lowest BCUT2D eigenvalue weighted by Crippen LogP contribution is -2.75. The molecule has 2 aliphatic carbocycles. The van der Waals surface area contributed by atoms with Gasteiger partial charge >= 0.3 is 0 Å². The quantitative estimate of drug-likeness (QED) is 0.249. The van der Waals surface area contributed by atoms with E-state index in [-0.39, 0.29) is 10.8 Å². The Balaban J connectivity index is 1.43. The molecule has 3 heterocycles. The van der Waals surface area contributed by atoms with E-state index in [2.05, 4.69) is 148 Å². The summed E-state index contributed by atoms with van der Waals surface area (Å²) < 4.78 is 6.94. The van der Waals surface area contributed by atoms with Crippen molar-refractivity contribution in [1.82, 2.24) is 0 Å². The van der Waals surface area contributed by atoms with Crippen LogP contribution < -0.4 is 20.1 Å². The number of hydrogen-bond acceptors (Lipinski definition) is 3. The van der Waals surface area contributed by atoms with Crippen LogP contribution in [0.4, 0.5) is 11.4 Å². The average molecular weight is 611 g/mol. The summed E-state index contributed by atoms with van der Waals surface area (Å²) in [7, 11) is 0. The first kappa shape index (κ1) is 30.3. The third-order valence-corrected chi connectivity index (χ3v) is 10.6. The third-order valence-electron chi connectivity index (χ3n) is 10.6. The van der Waals surface area contributed by atoms with Gasteiger partial charge in [-0.1, -0.05) is 70.2 Å². The Labute approximate surface area is 274 Å². The monoisotopic (exact) mass is 610 g/mol.